The van der Waals surface area contributed by atoms with E-state index < -0.39 is 11.9 Å². The lowest BCUT2D eigenvalue weighted by molar-refractivity contribution is 0.0695. The van der Waals surface area contributed by atoms with Crippen molar-refractivity contribution >= 4 is 40.8 Å². The van der Waals surface area contributed by atoms with Gasteiger partial charge in [-0.1, -0.05) is 29.3 Å². The van der Waals surface area contributed by atoms with Crippen LogP contribution in [0.3, 0.4) is 0 Å². The van der Waals surface area contributed by atoms with Gasteiger partial charge in [-0.2, -0.15) is 0 Å². The summed E-state index contributed by atoms with van der Waals surface area (Å²) in [5, 5.41) is 11.9. The third-order valence-electron chi connectivity index (χ3n) is 2.75. The van der Waals surface area contributed by atoms with E-state index >= 15 is 0 Å². The van der Waals surface area contributed by atoms with Crippen molar-refractivity contribution in [2.24, 2.45) is 0 Å². The lowest BCUT2D eigenvalue weighted by atomic mass is 10.1. The molecule has 0 aliphatic carbocycles. The van der Waals surface area contributed by atoms with Gasteiger partial charge in [0.25, 0.3) is 5.91 Å². The van der Waals surface area contributed by atoms with Crippen LogP contribution < -0.4 is 5.32 Å². The molecule has 0 saturated carbocycles. The molecule has 0 aliphatic rings. The number of benzene rings is 1. The minimum Gasteiger partial charge on any atom is -0.478 e. The molecule has 0 spiro atoms. The number of rotatable bonds is 3. The Labute approximate surface area is 130 Å². The van der Waals surface area contributed by atoms with Gasteiger partial charge in [-0.05, 0) is 36.8 Å². The fourth-order valence-electron chi connectivity index (χ4n) is 1.70. The van der Waals surface area contributed by atoms with Crippen LogP contribution in [0.1, 0.15) is 26.4 Å². The quantitative estimate of drug-likeness (QED) is 0.844. The molecule has 0 unspecified atom stereocenters. The summed E-state index contributed by atoms with van der Waals surface area (Å²) in [5.41, 5.74) is 1.01. The van der Waals surface area contributed by atoms with E-state index in [1.807, 2.05) is 0 Å². The second-order valence-corrected chi connectivity index (χ2v) is 5.05. The Balaban J connectivity index is 2.29. The van der Waals surface area contributed by atoms with Gasteiger partial charge >= 0.3 is 5.97 Å². The van der Waals surface area contributed by atoms with Gasteiger partial charge in [0, 0.05) is 5.69 Å². The summed E-state index contributed by atoms with van der Waals surface area (Å²) in [5.74, 6) is -1.63. The van der Waals surface area contributed by atoms with Crippen LogP contribution >= 0.6 is 23.2 Å². The predicted molar refractivity (Wildman–Crippen MR) is 80.3 cm³/mol. The Kier molecular flexibility index (Phi) is 4.45. The summed E-state index contributed by atoms with van der Waals surface area (Å²) < 4.78 is 0. The molecule has 2 aromatic rings. The smallest absolute Gasteiger partial charge is 0.336 e. The van der Waals surface area contributed by atoms with E-state index in [1.165, 1.54) is 18.2 Å². The van der Waals surface area contributed by atoms with E-state index in [9.17, 15) is 9.59 Å². The molecule has 21 heavy (non-hydrogen) atoms. The van der Waals surface area contributed by atoms with Crippen molar-refractivity contribution in [1.29, 1.82) is 0 Å². The van der Waals surface area contributed by atoms with Crippen LogP contribution in [-0.4, -0.2) is 22.0 Å². The summed E-state index contributed by atoms with van der Waals surface area (Å²) in [4.78, 5) is 27.0. The van der Waals surface area contributed by atoms with E-state index in [0.29, 0.717) is 11.3 Å². The second kappa shape index (κ2) is 6.11. The van der Waals surface area contributed by atoms with E-state index in [1.54, 1.807) is 19.1 Å². The zero-order valence-corrected chi connectivity index (χ0v) is 12.4. The Morgan fingerprint density at radius 2 is 1.90 bits per heavy atom. The summed E-state index contributed by atoms with van der Waals surface area (Å²) in [6.07, 6.45) is 0. The largest absolute Gasteiger partial charge is 0.478 e. The number of carboxylic acid groups (broad SMARTS) is 1. The van der Waals surface area contributed by atoms with E-state index in [-0.39, 0.29) is 21.4 Å². The molecule has 0 radical (unpaired) electrons. The number of carbonyl (C=O) groups is 2. The molecule has 2 rings (SSSR count). The molecule has 1 heterocycles. The van der Waals surface area contributed by atoms with Crippen LogP contribution in [0.15, 0.2) is 30.3 Å². The number of hydrogen-bond donors (Lipinski definition) is 2. The van der Waals surface area contributed by atoms with Crippen LogP contribution in [0.2, 0.25) is 10.2 Å². The van der Waals surface area contributed by atoms with Gasteiger partial charge in [-0.3, -0.25) is 4.79 Å². The number of nitrogens with one attached hydrogen (secondary N) is 1. The van der Waals surface area contributed by atoms with Crippen molar-refractivity contribution < 1.29 is 14.7 Å². The fraction of sp³-hybridized carbons (Fsp3) is 0.0714. The van der Waals surface area contributed by atoms with Gasteiger partial charge in [0.2, 0.25) is 0 Å². The molecule has 0 atom stereocenters. The number of nitrogens with zero attached hydrogens (tertiary/aromatic N) is 1. The zero-order chi connectivity index (χ0) is 15.6. The Hall–Kier alpha value is -2.11. The molecule has 0 bridgehead atoms. The van der Waals surface area contributed by atoms with E-state index in [4.69, 9.17) is 28.3 Å². The number of halogens is 2. The van der Waals surface area contributed by atoms with Gasteiger partial charge in [-0.25, -0.2) is 9.78 Å². The van der Waals surface area contributed by atoms with Gasteiger partial charge < -0.3 is 10.4 Å². The summed E-state index contributed by atoms with van der Waals surface area (Å²) in [6.45, 7) is 1.67. The number of amides is 1. The minimum absolute atomic E-state index is 0.0263. The Bertz CT molecular complexity index is 732. The molecule has 1 amide bonds. The Morgan fingerprint density at radius 3 is 2.57 bits per heavy atom. The highest BCUT2D eigenvalue weighted by Crippen LogP contribution is 2.20. The number of aryl methyl sites for hydroxylation is 1. The molecule has 1 aromatic heterocycles. The van der Waals surface area contributed by atoms with Crippen molar-refractivity contribution in [2.75, 3.05) is 5.32 Å². The minimum atomic E-state index is -1.07. The summed E-state index contributed by atoms with van der Waals surface area (Å²) >= 11 is 11.6. The average Bonchev–Trinajstić information content (AvgIpc) is 2.43. The van der Waals surface area contributed by atoms with Gasteiger partial charge in [0.1, 0.15) is 10.8 Å². The molecule has 0 saturated heterocycles. The maximum absolute atomic E-state index is 12.1. The highest BCUT2D eigenvalue weighted by atomic mass is 35.5. The van der Waals surface area contributed by atoms with Crippen molar-refractivity contribution in [3.8, 4) is 0 Å². The Morgan fingerprint density at radius 1 is 1.19 bits per heavy atom. The predicted octanol–water partition coefficient (Wildman–Crippen LogP) is 3.65. The number of pyridine rings is 1. The molecule has 7 heteroatoms. The molecule has 5 nitrogen and oxygen atoms in total. The first-order valence-corrected chi connectivity index (χ1v) is 6.61. The third-order valence-corrected chi connectivity index (χ3v) is 3.27. The number of aromatic carboxylic acids is 1. The maximum atomic E-state index is 12.1. The van der Waals surface area contributed by atoms with Gasteiger partial charge in [0.05, 0.1) is 10.6 Å². The molecule has 2 N–H and O–H groups in total. The van der Waals surface area contributed by atoms with E-state index in [0.717, 1.165) is 0 Å². The van der Waals surface area contributed by atoms with Gasteiger partial charge in [-0.15, -0.1) is 0 Å². The van der Waals surface area contributed by atoms with Crippen LogP contribution in [0, 0.1) is 6.92 Å². The fourth-order valence-corrected chi connectivity index (χ4v) is 2.04. The normalized spacial score (nSPS) is 10.2. The topological polar surface area (TPSA) is 79.3 Å². The SMILES string of the molecule is Cc1ccc(NC(=O)c2nc(Cl)ccc2Cl)cc1C(=O)O. The number of anilines is 1. The van der Waals surface area contributed by atoms with Gasteiger partial charge in [0.15, 0.2) is 0 Å². The molecule has 108 valence electrons. The highest BCUT2D eigenvalue weighted by Gasteiger charge is 2.15. The van der Waals surface area contributed by atoms with Crippen LogP contribution in [0.25, 0.3) is 0 Å². The average molecular weight is 325 g/mol. The van der Waals surface area contributed by atoms with Crippen molar-refractivity contribution in [1.82, 2.24) is 4.98 Å². The summed E-state index contributed by atoms with van der Waals surface area (Å²) in [6, 6.07) is 7.50. The molecule has 0 fully saturated rings. The van der Waals surface area contributed by atoms with Crippen LogP contribution in [0.4, 0.5) is 5.69 Å². The number of carbonyl (C=O) groups excluding carboxylic acids is 1. The molecule has 0 aliphatic heterocycles. The second-order valence-electron chi connectivity index (χ2n) is 4.25. The molecular weight excluding hydrogens is 315 g/mol. The van der Waals surface area contributed by atoms with Crippen LogP contribution in [-0.2, 0) is 0 Å². The summed E-state index contributed by atoms with van der Waals surface area (Å²) in [7, 11) is 0. The highest BCUT2D eigenvalue weighted by molar-refractivity contribution is 6.35. The zero-order valence-electron chi connectivity index (χ0n) is 10.9. The lowest BCUT2D eigenvalue weighted by Gasteiger charge is -2.08. The number of hydrogen-bond acceptors (Lipinski definition) is 3. The maximum Gasteiger partial charge on any atom is 0.336 e. The first-order chi connectivity index (χ1) is 9.88. The molecular formula is C14H10Cl2N2O3. The van der Waals surface area contributed by atoms with E-state index in [2.05, 4.69) is 10.3 Å². The molecule has 1 aromatic carbocycles. The monoisotopic (exact) mass is 324 g/mol. The number of carboxylic acids is 1. The third kappa shape index (κ3) is 3.51. The van der Waals surface area contributed by atoms with Crippen LogP contribution in [0.5, 0.6) is 0 Å². The standard InChI is InChI=1S/C14H10Cl2N2O3/c1-7-2-3-8(6-9(7)14(20)21)17-13(19)12-10(15)4-5-11(16)18-12/h2-6H,1H3,(H,17,19)(H,20,21). The van der Waals surface area contributed by atoms with Crippen molar-refractivity contribution in [3.63, 3.8) is 0 Å². The van der Waals surface area contributed by atoms with Crippen molar-refractivity contribution in [3.05, 3.63) is 57.3 Å². The number of aromatic nitrogens is 1. The first kappa shape index (κ1) is 15.3. The lowest BCUT2D eigenvalue weighted by Crippen LogP contribution is -2.15. The first-order valence-electron chi connectivity index (χ1n) is 5.86. The van der Waals surface area contributed by atoms with Crippen molar-refractivity contribution in [2.45, 2.75) is 6.92 Å².